The first-order valence-corrected chi connectivity index (χ1v) is 6.88. The summed E-state index contributed by atoms with van der Waals surface area (Å²) in [6, 6.07) is 14.6. The van der Waals surface area contributed by atoms with Crippen LogP contribution in [0.25, 0.3) is 0 Å². The van der Waals surface area contributed by atoms with Crippen molar-refractivity contribution in [1.29, 1.82) is 0 Å². The number of rotatable bonds is 4. The zero-order valence-electron chi connectivity index (χ0n) is 11.3. The van der Waals surface area contributed by atoms with Crippen molar-refractivity contribution >= 4 is 23.2 Å². The van der Waals surface area contributed by atoms with Crippen LogP contribution in [0.3, 0.4) is 0 Å². The Morgan fingerprint density at radius 3 is 2.60 bits per heavy atom. The Morgan fingerprint density at radius 1 is 1.20 bits per heavy atom. The van der Waals surface area contributed by atoms with E-state index < -0.39 is 0 Å². The van der Waals surface area contributed by atoms with Crippen molar-refractivity contribution in [2.24, 2.45) is 0 Å². The minimum absolute atomic E-state index is 0.0433. The van der Waals surface area contributed by atoms with Gasteiger partial charge in [0.1, 0.15) is 0 Å². The molecule has 0 heterocycles. The number of carbonyl (C=O) groups is 1. The standard InChI is InChI=1S/C16H17ClN2O/c1-2-19(11-13-6-3-4-9-15(13)18)16(20)12-7-5-8-14(17)10-12/h3-10H,2,11,18H2,1H3. The minimum atomic E-state index is -0.0433. The van der Waals surface area contributed by atoms with Gasteiger partial charge in [0.05, 0.1) is 0 Å². The Balaban J connectivity index is 2.20. The first kappa shape index (κ1) is 14.4. The van der Waals surface area contributed by atoms with Gasteiger partial charge < -0.3 is 10.6 Å². The third kappa shape index (κ3) is 3.31. The van der Waals surface area contributed by atoms with Crippen molar-refractivity contribution in [3.8, 4) is 0 Å². The molecule has 0 aliphatic carbocycles. The molecule has 20 heavy (non-hydrogen) atoms. The van der Waals surface area contributed by atoms with Crippen molar-refractivity contribution in [1.82, 2.24) is 4.90 Å². The van der Waals surface area contributed by atoms with Crippen molar-refractivity contribution in [3.63, 3.8) is 0 Å². The Labute approximate surface area is 124 Å². The van der Waals surface area contributed by atoms with Gasteiger partial charge in [0.25, 0.3) is 5.91 Å². The molecule has 0 saturated heterocycles. The van der Waals surface area contributed by atoms with Gasteiger partial charge in [-0.1, -0.05) is 35.9 Å². The van der Waals surface area contributed by atoms with Crippen LogP contribution < -0.4 is 5.73 Å². The van der Waals surface area contributed by atoms with E-state index in [9.17, 15) is 4.79 Å². The van der Waals surface area contributed by atoms with Gasteiger partial charge in [-0.25, -0.2) is 0 Å². The first-order valence-electron chi connectivity index (χ1n) is 6.50. The molecule has 0 aromatic heterocycles. The number of anilines is 1. The highest BCUT2D eigenvalue weighted by Gasteiger charge is 2.15. The van der Waals surface area contributed by atoms with E-state index in [1.165, 1.54) is 0 Å². The number of nitrogens with two attached hydrogens (primary N) is 1. The summed E-state index contributed by atoms with van der Waals surface area (Å²) in [6.45, 7) is 3.05. The Kier molecular flexibility index (Phi) is 4.64. The Hall–Kier alpha value is -2.00. The van der Waals surface area contributed by atoms with Crippen LogP contribution in [-0.2, 0) is 6.54 Å². The largest absolute Gasteiger partial charge is 0.398 e. The molecular weight excluding hydrogens is 272 g/mol. The molecule has 2 rings (SSSR count). The monoisotopic (exact) mass is 288 g/mol. The highest BCUT2D eigenvalue weighted by molar-refractivity contribution is 6.30. The van der Waals surface area contributed by atoms with Crippen LogP contribution in [0.2, 0.25) is 5.02 Å². The second-order valence-electron chi connectivity index (χ2n) is 4.53. The summed E-state index contributed by atoms with van der Waals surface area (Å²) in [6.07, 6.45) is 0. The zero-order chi connectivity index (χ0) is 14.5. The van der Waals surface area contributed by atoms with Crippen LogP contribution in [0.1, 0.15) is 22.8 Å². The van der Waals surface area contributed by atoms with Gasteiger partial charge in [-0.2, -0.15) is 0 Å². The molecule has 0 radical (unpaired) electrons. The fourth-order valence-electron chi connectivity index (χ4n) is 2.02. The molecule has 2 aromatic carbocycles. The summed E-state index contributed by atoms with van der Waals surface area (Å²) in [5.74, 6) is -0.0433. The van der Waals surface area contributed by atoms with Gasteiger partial charge in [0, 0.05) is 29.4 Å². The maximum Gasteiger partial charge on any atom is 0.254 e. The number of amides is 1. The van der Waals surface area contributed by atoms with Gasteiger partial charge in [0.2, 0.25) is 0 Å². The molecule has 0 fully saturated rings. The summed E-state index contributed by atoms with van der Waals surface area (Å²) >= 11 is 5.93. The maximum atomic E-state index is 12.5. The summed E-state index contributed by atoms with van der Waals surface area (Å²) in [7, 11) is 0. The number of benzene rings is 2. The molecule has 0 aliphatic heterocycles. The summed E-state index contributed by atoms with van der Waals surface area (Å²) < 4.78 is 0. The molecule has 0 bridgehead atoms. The Morgan fingerprint density at radius 2 is 1.95 bits per heavy atom. The predicted molar refractivity (Wildman–Crippen MR) is 82.7 cm³/mol. The lowest BCUT2D eigenvalue weighted by Gasteiger charge is -2.22. The molecule has 2 N–H and O–H groups in total. The maximum absolute atomic E-state index is 12.5. The third-order valence-electron chi connectivity index (χ3n) is 3.16. The summed E-state index contributed by atoms with van der Waals surface area (Å²) in [4.78, 5) is 14.2. The summed E-state index contributed by atoms with van der Waals surface area (Å²) in [5, 5.41) is 0.561. The lowest BCUT2D eigenvalue weighted by molar-refractivity contribution is 0.0753. The van der Waals surface area contributed by atoms with Crippen LogP contribution >= 0.6 is 11.6 Å². The number of hydrogen-bond acceptors (Lipinski definition) is 2. The van der Waals surface area contributed by atoms with Crippen molar-refractivity contribution < 1.29 is 4.79 Å². The van der Waals surface area contributed by atoms with Crippen LogP contribution in [-0.4, -0.2) is 17.4 Å². The number of halogens is 1. The highest BCUT2D eigenvalue weighted by Crippen LogP contribution is 2.17. The molecule has 4 heteroatoms. The van der Waals surface area contributed by atoms with E-state index >= 15 is 0 Å². The molecule has 2 aromatic rings. The predicted octanol–water partition coefficient (Wildman–Crippen LogP) is 3.58. The summed E-state index contributed by atoms with van der Waals surface area (Å²) in [5.41, 5.74) is 8.17. The minimum Gasteiger partial charge on any atom is -0.398 e. The van der Waals surface area contributed by atoms with E-state index in [1.54, 1.807) is 29.2 Å². The SMILES string of the molecule is CCN(Cc1ccccc1N)C(=O)c1cccc(Cl)c1. The molecule has 104 valence electrons. The van der Waals surface area contributed by atoms with Gasteiger partial charge in [0.15, 0.2) is 0 Å². The molecular formula is C16H17ClN2O. The highest BCUT2D eigenvalue weighted by atomic mass is 35.5. The number of nitrogen functional groups attached to an aromatic ring is 1. The molecule has 0 aliphatic rings. The number of hydrogen-bond donors (Lipinski definition) is 1. The third-order valence-corrected chi connectivity index (χ3v) is 3.39. The lowest BCUT2D eigenvalue weighted by atomic mass is 10.1. The van der Waals surface area contributed by atoms with Crippen molar-refractivity contribution in [2.45, 2.75) is 13.5 Å². The smallest absolute Gasteiger partial charge is 0.254 e. The fourth-order valence-corrected chi connectivity index (χ4v) is 2.21. The van der Waals surface area contributed by atoms with Crippen LogP contribution in [0.5, 0.6) is 0 Å². The number of carbonyl (C=O) groups excluding carboxylic acids is 1. The number of nitrogens with zero attached hydrogens (tertiary/aromatic N) is 1. The fraction of sp³-hybridized carbons (Fsp3) is 0.188. The Bertz CT molecular complexity index is 613. The lowest BCUT2D eigenvalue weighted by Crippen LogP contribution is -2.30. The van der Waals surface area contributed by atoms with E-state index in [4.69, 9.17) is 17.3 Å². The molecule has 3 nitrogen and oxygen atoms in total. The quantitative estimate of drug-likeness (QED) is 0.874. The van der Waals surface area contributed by atoms with E-state index in [0.717, 1.165) is 5.56 Å². The second kappa shape index (κ2) is 6.44. The topological polar surface area (TPSA) is 46.3 Å². The van der Waals surface area contributed by atoms with Gasteiger partial charge in [-0.05, 0) is 36.8 Å². The molecule has 0 spiro atoms. The first-order chi connectivity index (χ1) is 9.61. The van der Waals surface area contributed by atoms with Crippen LogP contribution in [0.4, 0.5) is 5.69 Å². The van der Waals surface area contributed by atoms with E-state index in [0.29, 0.717) is 29.4 Å². The van der Waals surface area contributed by atoms with Crippen LogP contribution in [0.15, 0.2) is 48.5 Å². The molecule has 0 saturated carbocycles. The van der Waals surface area contributed by atoms with Crippen LogP contribution in [0, 0.1) is 0 Å². The average molecular weight is 289 g/mol. The molecule has 1 amide bonds. The van der Waals surface area contributed by atoms with Gasteiger partial charge in [-0.15, -0.1) is 0 Å². The van der Waals surface area contributed by atoms with Crippen molar-refractivity contribution in [2.75, 3.05) is 12.3 Å². The van der Waals surface area contributed by atoms with Gasteiger partial charge >= 0.3 is 0 Å². The van der Waals surface area contributed by atoms with E-state index in [1.807, 2.05) is 31.2 Å². The van der Waals surface area contributed by atoms with Gasteiger partial charge in [-0.3, -0.25) is 4.79 Å². The van der Waals surface area contributed by atoms with E-state index in [2.05, 4.69) is 0 Å². The van der Waals surface area contributed by atoms with E-state index in [-0.39, 0.29) is 5.91 Å². The second-order valence-corrected chi connectivity index (χ2v) is 4.96. The molecule has 0 unspecified atom stereocenters. The normalized spacial score (nSPS) is 10.3. The molecule has 0 atom stereocenters. The van der Waals surface area contributed by atoms with Crippen molar-refractivity contribution in [3.05, 3.63) is 64.7 Å². The average Bonchev–Trinajstić information content (AvgIpc) is 2.46. The zero-order valence-corrected chi connectivity index (χ0v) is 12.1. The number of para-hydroxylation sites is 1.